The van der Waals surface area contributed by atoms with Crippen LogP contribution in [-0.2, 0) is 12.7 Å². The van der Waals surface area contributed by atoms with Gasteiger partial charge in [-0.2, -0.15) is 13.2 Å². The Labute approximate surface area is 211 Å². The lowest BCUT2D eigenvalue weighted by Gasteiger charge is -2.13. The summed E-state index contributed by atoms with van der Waals surface area (Å²) in [5.74, 6) is -1.07. The van der Waals surface area contributed by atoms with Gasteiger partial charge in [0.1, 0.15) is 34.5 Å². The van der Waals surface area contributed by atoms with E-state index >= 15 is 0 Å². The summed E-state index contributed by atoms with van der Waals surface area (Å²) in [4.78, 5) is 7.18. The van der Waals surface area contributed by atoms with E-state index in [1.54, 1.807) is 6.20 Å². The largest absolute Gasteiger partial charge is 0.493 e. The first-order valence-electron chi connectivity index (χ1n) is 11.7. The molecular weight excluding hydrogens is 509 g/mol. The first-order valence-corrected chi connectivity index (χ1v) is 11.7. The minimum absolute atomic E-state index is 0.0214. The molecule has 6 rings (SSSR count). The SMILES string of the molecule is Fc1cccc(-c2nc3cn[n+](Cc4cc(-c5ccc(OCC6CC6)cc5C(F)(F)F)no4)cc3[nH]2)c1F. The van der Waals surface area contributed by atoms with Crippen molar-refractivity contribution in [2.45, 2.75) is 25.6 Å². The van der Waals surface area contributed by atoms with Crippen molar-refractivity contribution in [1.29, 1.82) is 0 Å². The molecule has 1 N–H and O–H groups in total. The van der Waals surface area contributed by atoms with Gasteiger partial charge >= 0.3 is 6.18 Å². The predicted octanol–water partition coefficient (Wildman–Crippen LogP) is 5.70. The van der Waals surface area contributed by atoms with Crippen LogP contribution in [0.15, 0.2) is 59.4 Å². The Hall–Kier alpha value is -4.35. The maximum Gasteiger partial charge on any atom is 0.417 e. The number of ether oxygens (including phenoxy) is 1. The van der Waals surface area contributed by atoms with E-state index in [2.05, 4.69) is 20.2 Å². The zero-order valence-electron chi connectivity index (χ0n) is 19.6. The van der Waals surface area contributed by atoms with Crippen molar-refractivity contribution in [3.8, 4) is 28.4 Å². The Morgan fingerprint density at radius 1 is 1.08 bits per heavy atom. The zero-order chi connectivity index (χ0) is 26.4. The first kappa shape index (κ1) is 24.0. The summed E-state index contributed by atoms with van der Waals surface area (Å²) in [5, 5.41) is 8.06. The normalized spacial score (nSPS) is 13.8. The number of alkyl halides is 3. The van der Waals surface area contributed by atoms with Gasteiger partial charge in [-0.3, -0.25) is 0 Å². The highest BCUT2D eigenvalue weighted by Gasteiger charge is 2.35. The molecule has 0 bridgehead atoms. The fourth-order valence-electron chi connectivity index (χ4n) is 4.05. The number of hydrogen-bond donors (Lipinski definition) is 1. The number of aromatic amines is 1. The molecule has 1 aliphatic rings. The van der Waals surface area contributed by atoms with Crippen molar-refractivity contribution in [1.82, 2.24) is 20.2 Å². The van der Waals surface area contributed by atoms with Crippen molar-refractivity contribution < 1.29 is 35.9 Å². The second-order valence-corrected chi connectivity index (χ2v) is 9.09. The average Bonchev–Trinajstić information content (AvgIpc) is 3.44. The van der Waals surface area contributed by atoms with Gasteiger partial charge in [0.25, 0.3) is 0 Å². The number of hydrogen-bond acceptors (Lipinski definition) is 5. The van der Waals surface area contributed by atoms with Gasteiger partial charge in [-0.15, -0.1) is 0 Å². The van der Waals surface area contributed by atoms with Crippen LogP contribution in [0.5, 0.6) is 5.75 Å². The number of H-pyrrole nitrogens is 1. The van der Waals surface area contributed by atoms with E-state index in [1.165, 1.54) is 41.2 Å². The number of nitrogens with zero attached hydrogens (tertiary/aromatic N) is 4. The van der Waals surface area contributed by atoms with E-state index in [1.807, 2.05) is 0 Å². The Balaban J connectivity index is 1.25. The lowest BCUT2D eigenvalue weighted by Crippen LogP contribution is -2.37. The summed E-state index contributed by atoms with van der Waals surface area (Å²) >= 11 is 0. The molecule has 1 fully saturated rings. The maximum absolute atomic E-state index is 14.2. The fourth-order valence-corrected chi connectivity index (χ4v) is 4.05. The van der Waals surface area contributed by atoms with Crippen LogP contribution in [0.25, 0.3) is 33.7 Å². The van der Waals surface area contributed by atoms with Crippen molar-refractivity contribution in [2.75, 3.05) is 6.61 Å². The Morgan fingerprint density at radius 2 is 1.92 bits per heavy atom. The van der Waals surface area contributed by atoms with Crippen LogP contribution in [0.2, 0.25) is 0 Å². The van der Waals surface area contributed by atoms with Gasteiger partial charge in [0.2, 0.25) is 18.5 Å². The quantitative estimate of drug-likeness (QED) is 0.217. The molecular formula is C26H19F5N5O2+. The van der Waals surface area contributed by atoms with E-state index < -0.39 is 23.4 Å². The Bertz CT molecular complexity index is 1640. The number of halogens is 5. The molecule has 7 nitrogen and oxygen atoms in total. The van der Waals surface area contributed by atoms with Crippen LogP contribution in [-0.4, -0.2) is 26.8 Å². The maximum atomic E-state index is 14.2. The third kappa shape index (κ3) is 4.81. The second kappa shape index (κ2) is 9.19. The van der Waals surface area contributed by atoms with Gasteiger partial charge in [-0.1, -0.05) is 15.9 Å². The Morgan fingerprint density at radius 3 is 2.71 bits per heavy atom. The standard InChI is InChI=1S/C26H18F5N5O2/c27-20-3-1-2-18(24(20)28)25-33-22-10-32-36(12-23(22)34-25)11-16-9-21(35-38-16)17-7-6-15(37-13-14-4-5-14)8-19(17)26(29,30)31/h1-3,6-10,12,14H,4-5,11,13H2/p+1. The summed E-state index contributed by atoms with van der Waals surface area (Å²) in [6.45, 7) is 0.448. The highest BCUT2D eigenvalue weighted by atomic mass is 19.4. The van der Waals surface area contributed by atoms with Crippen molar-refractivity contribution >= 4 is 11.0 Å². The lowest BCUT2D eigenvalue weighted by atomic mass is 10.0. The molecule has 5 aromatic rings. The van der Waals surface area contributed by atoms with Crippen LogP contribution in [0.3, 0.4) is 0 Å². The minimum atomic E-state index is -4.62. The Kier molecular flexibility index (Phi) is 5.81. The third-order valence-corrected chi connectivity index (χ3v) is 6.21. The number of nitrogens with one attached hydrogen (secondary N) is 1. The number of fused-ring (bicyclic) bond motifs is 1. The molecule has 0 aliphatic heterocycles. The van der Waals surface area contributed by atoms with Crippen LogP contribution >= 0.6 is 0 Å². The molecule has 2 aromatic carbocycles. The van der Waals surface area contributed by atoms with E-state index in [-0.39, 0.29) is 40.7 Å². The van der Waals surface area contributed by atoms with Crippen LogP contribution in [0.4, 0.5) is 22.0 Å². The summed E-state index contributed by atoms with van der Waals surface area (Å²) in [5.41, 5.74) is -0.107. The van der Waals surface area contributed by atoms with E-state index in [0.29, 0.717) is 23.6 Å². The third-order valence-electron chi connectivity index (χ3n) is 6.21. The molecule has 38 heavy (non-hydrogen) atoms. The van der Waals surface area contributed by atoms with Gasteiger partial charge in [0.05, 0.1) is 17.7 Å². The molecule has 1 aliphatic carbocycles. The number of imidazole rings is 1. The second-order valence-electron chi connectivity index (χ2n) is 9.09. The molecule has 0 spiro atoms. The molecule has 0 unspecified atom stereocenters. The molecule has 0 amide bonds. The van der Waals surface area contributed by atoms with E-state index in [4.69, 9.17) is 9.26 Å². The molecule has 1 saturated carbocycles. The lowest BCUT2D eigenvalue weighted by molar-refractivity contribution is -0.746. The van der Waals surface area contributed by atoms with Crippen molar-refractivity contribution in [2.24, 2.45) is 5.92 Å². The predicted molar refractivity (Wildman–Crippen MR) is 124 cm³/mol. The van der Waals surface area contributed by atoms with Crippen LogP contribution < -0.4 is 9.42 Å². The van der Waals surface area contributed by atoms with Crippen molar-refractivity contribution in [3.05, 3.63) is 77.8 Å². The molecule has 194 valence electrons. The first-order chi connectivity index (χ1) is 18.2. The van der Waals surface area contributed by atoms with E-state index in [0.717, 1.165) is 25.0 Å². The number of benzene rings is 2. The highest BCUT2D eigenvalue weighted by molar-refractivity contribution is 5.77. The zero-order valence-corrected chi connectivity index (χ0v) is 19.6. The van der Waals surface area contributed by atoms with Crippen molar-refractivity contribution in [3.63, 3.8) is 0 Å². The smallest absolute Gasteiger partial charge is 0.417 e. The monoisotopic (exact) mass is 528 g/mol. The summed E-state index contributed by atoms with van der Waals surface area (Å²) in [6.07, 6.45) is 0.427. The summed E-state index contributed by atoms with van der Waals surface area (Å²) < 4.78 is 81.5. The topological polar surface area (TPSA) is 80.7 Å². The summed E-state index contributed by atoms with van der Waals surface area (Å²) in [7, 11) is 0. The average molecular weight is 528 g/mol. The van der Waals surface area contributed by atoms with E-state index in [9.17, 15) is 22.0 Å². The molecule has 12 heteroatoms. The highest BCUT2D eigenvalue weighted by Crippen LogP contribution is 2.39. The van der Waals surface area contributed by atoms with Gasteiger partial charge in [-0.05, 0) is 54.2 Å². The molecule has 0 saturated heterocycles. The molecule has 0 atom stereocenters. The van der Waals surface area contributed by atoms with Crippen LogP contribution in [0, 0.1) is 17.6 Å². The summed E-state index contributed by atoms with van der Waals surface area (Å²) in [6, 6.07) is 8.99. The fraction of sp³-hybridized carbons (Fsp3) is 0.231. The van der Waals surface area contributed by atoms with Gasteiger partial charge < -0.3 is 14.2 Å². The van der Waals surface area contributed by atoms with Gasteiger partial charge in [0.15, 0.2) is 11.6 Å². The van der Waals surface area contributed by atoms with Gasteiger partial charge in [-0.25, -0.2) is 13.8 Å². The minimum Gasteiger partial charge on any atom is -0.493 e. The molecule has 3 heterocycles. The number of rotatable bonds is 7. The van der Waals surface area contributed by atoms with Gasteiger partial charge in [0, 0.05) is 11.6 Å². The number of aromatic nitrogens is 5. The molecule has 0 radical (unpaired) electrons. The molecule has 3 aromatic heterocycles. The van der Waals surface area contributed by atoms with Crippen LogP contribution in [0.1, 0.15) is 24.2 Å².